The number of nitrogens with one attached hydrogen (secondary N) is 2. The molecule has 0 bridgehead atoms. The zero-order valence-electron chi connectivity index (χ0n) is 7.38. The molecule has 12 heavy (non-hydrogen) atoms. The molecule has 0 aromatic heterocycles. The molecule has 0 radical (unpaired) electrons. The summed E-state index contributed by atoms with van der Waals surface area (Å²) >= 11 is 0. The lowest BCUT2D eigenvalue weighted by Crippen LogP contribution is -2.51. The normalized spacial score (nSPS) is 26.6. The molecule has 4 nitrogen and oxygen atoms in total. The molecule has 1 fully saturated rings. The first-order chi connectivity index (χ1) is 5.88. The molecule has 4 heteroatoms. The van der Waals surface area contributed by atoms with Gasteiger partial charge in [0.1, 0.15) is 6.29 Å². The van der Waals surface area contributed by atoms with E-state index < -0.39 is 0 Å². The Balaban J connectivity index is 2.34. The van der Waals surface area contributed by atoms with Crippen molar-refractivity contribution in [2.45, 2.75) is 19.1 Å². The van der Waals surface area contributed by atoms with E-state index in [4.69, 9.17) is 4.74 Å². The molecule has 1 aliphatic rings. The van der Waals surface area contributed by atoms with Gasteiger partial charge in [-0.15, -0.1) is 0 Å². The van der Waals surface area contributed by atoms with Crippen molar-refractivity contribution in [3.05, 3.63) is 0 Å². The van der Waals surface area contributed by atoms with E-state index in [9.17, 15) is 4.79 Å². The monoisotopic (exact) mass is 172 g/mol. The van der Waals surface area contributed by atoms with Gasteiger partial charge in [-0.2, -0.15) is 0 Å². The number of hydrogen-bond acceptors (Lipinski definition) is 4. The molecule has 0 spiro atoms. The van der Waals surface area contributed by atoms with Crippen LogP contribution in [0.25, 0.3) is 0 Å². The molecule has 0 aliphatic carbocycles. The van der Waals surface area contributed by atoms with Crippen molar-refractivity contribution in [1.29, 1.82) is 0 Å². The van der Waals surface area contributed by atoms with Gasteiger partial charge in [-0.3, -0.25) is 0 Å². The average Bonchev–Trinajstić information content (AvgIpc) is 2.15. The lowest BCUT2D eigenvalue weighted by molar-refractivity contribution is -0.114. The summed E-state index contributed by atoms with van der Waals surface area (Å²) in [5, 5.41) is 6.25. The zero-order valence-corrected chi connectivity index (χ0v) is 7.38. The Kier molecular flexibility index (Phi) is 4.21. The minimum absolute atomic E-state index is 0.00352. The fourth-order valence-electron chi connectivity index (χ4n) is 1.32. The van der Waals surface area contributed by atoms with Crippen molar-refractivity contribution in [3.8, 4) is 0 Å². The predicted octanol–water partition coefficient (Wildman–Crippen LogP) is -0.848. The molecule has 1 heterocycles. The molecule has 1 rings (SSSR count). The second kappa shape index (κ2) is 5.24. The quantitative estimate of drug-likeness (QED) is 0.542. The maximum atomic E-state index is 10.6. The minimum atomic E-state index is -0.164. The molecule has 1 saturated heterocycles. The van der Waals surface area contributed by atoms with Crippen molar-refractivity contribution in [2.24, 2.45) is 0 Å². The van der Waals surface area contributed by atoms with Gasteiger partial charge in [0.05, 0.1) is 18.8 Å². The first-order valence-electron chi connectivity index (χ1n) is 4.39. The summed E-state index contributed by atoms with van der Waals surface area (Å²) in [7, 11) is 0. The van der Waals surface area contributed by atoms with Gasteiger partial charge in [0.2, 0.25) is 0 Å². The van der Waals surface area contributed by atoms with E-state index in [1.54, 1.807) is 0 Å². The molecular weight excluding hydrogens is 156 g/mol. The molecule has 0 aromatic rings. The Labute approximate surface area is 72.7 Å². The van der Waals surface area contributed by atoms with Crippen LogP contribution < -0.4 is 10.6 Å². The van der Waals surface area contributed by atoms with Gasteiger partial charge in [0.15, 0.2) is 0 Å². The third-order valence-electron chi connectivity index (χ3n) is 1.94. The minimum Gasteiger partial charge on any atom is -0.373 e. The van der Waals surface area contributed by atoms with E-state index in [-0.39, 0.29) is 12.1 Å². The Morgan fingerprint density at radius 2 is 2.67 bits per heavy atom. The highest BCUT2D eigenvalue weighted by atomic mass is 16.5. The zero-order chi connectivity index (χ0) is 8.81. The summed E-state index contributed by atoms with van der Waals surface area (Å²) in [6, 6.07) is -0.164. The van der Waals surface area contributed by atoms with Crippen molar-refractivity contribution in [2.75, 3.05) is 26.2 Å². The number of likely N-dealkylation sites (N-methyl/N-ethyl adjacent to an activating group) is 1. The summed E-state index contributed by atoms with van der Waals surface area (Å²) in [5.41, 5.74) is 0. The molecule has 70 valence electrons. The Bertz CT molecular complexity index is 135. The van der Waals surface area contributed by atoms with Crippen LogP contribution in [0.5, 0.6) is 0 Å². The number of carbonyl (C=O) groups is 1. The molecule has 2 atom stereocenters. The van der Waals surface area contributed by atoms with E-state index in [2.05, 4.69) is 10.6 Å². The first kappa shape index (κ1) is 9.64. The van der Waals surface area contributed by atoms with Crippen LogP contribution in [0.15, 0.2) is 0 Å². The maximum Gasteiger partial charge on any atom is 0.139 e. The molecule has 0 saturated carbocycles. The molecule has 2 unspecified atom stereocenters. The summed E-state index contributed by atoms with van der Waals surface area (Å²) in [4.78, 5) is 10.6. The van der Waals surface area contributed by atoms with Gasteiger partial charge in [-0.05, 0) is 6.54 Å². The summed E-state index contributed by atoms with van der Waals surface area (Å²) in [6.07, 6.45) is 0.914. The third kappa shape index (κ3) is 2.55. The number of morpholine rings is 1. The summed E-state index contributed by atoms with van der Waals surface area (Å²) in [5.74, 6) is 0. The van der Waals surface area contributed by atoms with E-state index in [1.807, 2.05) is 6.92 Å². The van der Waals surface area contributed by atoms with Crippen molar-refractivity contribution in [1.82, 2.24) is 10.6 Å². The number of hydrogen-bond donors (Lipinski definition) is 2. The average molecular weight is 172 g/mol. The van der Waals surface area contributed by atoms with Gasteiger partial charge < -0.3 is 20.2 Å². The van der Waals surface area contributed by atoms with Gasteiger partial charge in [0, 0.05) is 13.1 Å². The predicted molar refractivity (Wildman–Crippen MR) is 46.1 cm³/mol. The molecule has 0 amide bonds. The standard InChI is InChI=1S/C8H16N2O2/c1-2-10-7(6-11)8-5-9-3-4-12-8/h6-10H,2-5H2,1H3. The Morgan fingerprint density at radius 3 is 3.17 bits per heavy atom. The van der Waals surface area contributed by atoms with Crippen molar-refractivity contribution >= 4 is 6.29 Å². The number of rotatable bonds is 4. The van der Waals surface area contributed by atoms with Crippen LogP contribution in [0.1, 0.15) is 6.92 Å². The highest BCUT2D eigenvalue weighted by Crippen LogP contribution is 2.00. The number of carbonyl (C=O) groups excluding carboxylic acids is 1. The third-order valence-corrected chi connectivity index (χ3v) is 1.94. The van der Waals surface area contributed by atoms with Crippen LogP contribution in [0, 0.1) is 0 Å². The second-order valence-corrected chi connectivity index (χ2v) is 2.83. The maximum absolute atomic E-state index is 10.6. The number of aldehydes is 1. The van der Waals surface area contributed by atoms with Gasteiger partial charge in [-0.25, -0.2) is 0 Å². The number of ether oxygens (including phenoxy) is 1. The Morgan fingerprint density at radius 1 is 1.83 bits per heavy atom. The van der Waals surface area contributed by atoms with Crippen LogP contribution in [0.2, 0.25) is 0 Å². The SMILES string of the molecule is CCNC(C=O)C1CNCCO1. The van der Waals surface area contributed by atoms with Crippen LogP contribution in [0.4, 0.5) is 0 Å². The van der Waals surface area contributed by atoms with Gasteiger partial charge >= 0.3 is 0 Å². The van der Waals surface area contributed by atoms with Crippen LogP contribution >= 0.6 is 0 Å². The topological polar surface area (TPSA) is 50.4 Å². The van der Waals surface area contributed by atoms with E-state index in [0.29, 0.717) is 6.61 Å². The Hall–Kier alpha value is -0.450. The van der Waals surface area contributed by atoms with E-state index in [1.165, 1.54) is 0 Å². The lowest BCUT2D eigenvalue weighted by Gasteiger charge is -2.28. The van der Waals surface area contributed by atoms with E-state index in [0.717, 1.165) is 25.9 Å². The lowest BCUT2D eigenvalue weighted by atomic mass is 10.1. The molecule has 0 aromatic carbocycles. The van der Waals surface area contributed by atoms with Crippen LogP contribution in [0.3, 0.4) is 0 Å². The molecule has 2 N–H and O–H groups in total. The van der Waals surface area contributed by atoms with E-state index >= 15 is 0 Å². The first-order valence-corrected chi connectivity index (χ1v) is 4.39. The highest BCUT2D eigenvalue weighted by Gasteiger charge is 2.22. The second-order valence-electron chi connectivity index (χ2n) is 2.83. The highest BCUT2D eigenvalue weighted by molar-refractivity contribution is 5.58. The smallest absolute Gasteiger partial charge is 0.139 e. The molecular formula is C8H16N2O2. The fourth-order valence-corrected chi connectivity index (χ4v) is 1.32. The molecule has 1 aliphatic heterocycles. The van der Waals surface area contributed by atoms with Gasteiger partial charge in [0.25, 0.3) is 0 Å². The van der Waals surface area contributed by atoms with Crippen molar-refractivity contribution < 1.29 is 9.53 Å². The van der Waals surface area contributed by atoms with Crippen molar-refractivity contribution in [3.63, 3.8) is 0 Å². The van der Waals surface area contributed by atoms with Crippen LogP contribution in [-0.4, -0.2) is 44.7 Å². The summed E-state index contributed by atoms with van der Waals surface area (Å²) < 4.78 is 5.43. The fraction of sp³-hybridized carbons (Fsp3) is 0.875. The van der Waals surface area contributed by atoms with Crippen LogP contribution in [-0.2, 0) is 9.53 Å². The largest absolute Gasteiger partial charge is 0.373 e. The van der Waals surface area contributed by atoms with Gasteiger partial charge in [-0.1, -0.05) is 6.92 Å². The summed E-state index contributed by atoms with van der Waals surface area (Å²) in [6.45, 7) is 5.11.